The number of halogens is 1. The lowest BCUT2D eigenvalue weighted by molar-refractivity contribution is 0.0374. The quantitative estimate of drug-likeness (QED) is 0.328. The number of nitrogens with one attached hydrogen (secondary N) is 4. The van der Waals surface area contributed by atoms with Crippen LogP contribution in [0, 0.1) is 0 Å². The van der Waals surface area contributed by atoms with E-state index in [1.165, 1.54) is 6.33 Å². The molecule has 1 fully saturated rings. The molecule has 3 aromatic rings. The first-order chi connectivity index (χ1) is 17.5. The van der Waals surface area contributed by atoms with Gasteiger partial charge in [-0.3, -0.25) is 19.3 Å². The molecule has 0 atom stereocenters. The van der Waals surface area contributed by atoms with Crippen LogP contribution in [0.1, 0.15) is 37.8 Å². The van der Waals surface area contributed by atoms with Crippen molar-refractivity contribution >= 4 is 40.7 Å². The summed E-state index contributed by atoms with van der Waals surface area (Å²) in [5.41, 5.74) is 1.48. The molecular weight excluding hydrogens is 484 g/mol. The molecule has 1 aliphatic rings. The molecule has 0 spiro atoms. The molecule has 0 bridgehead atoms. The number of H-pyrrole nitrogens is 1. The minimum atomic E-state index is -0.525. The Labute approximate surface area is 213 Å². The molecule has 10 nitrogen and oxygen atoms in total. The molecule has 11 heteroatoms. The molecule has 3 amide bonds. The summed E-state index contributed by atoms with van der Waals surface area (Å²) in [4.78, 5) is 46.8. The number of ether oxygens (including phenoxy) is 1. The van der Waals surface area contributed by atoms with Crippen molar-refractivity contribution in [2.45, 2.75) is 6.42 Å². The van der Waals surface area contributed by atoms with Gasteiger partial charge in [0.1, 0.15) is 5.69 Å². The second kappa shape index (κ2) is 12.3. The number of carbonyl (C=O) groups is 3. The second-order valence-electron chi connectivity index (χ2n) is 8.16. The molecule has 1 aromatic heterocycles. The number of hydrogen-bond donors (Lipinski definition) is 4. The van der Waals surface area contributed by atoms with Crippen molar-refractivity contribution in [1.29, 1.82) is 0 Å². The second-order valence-corrected chi connectivity index (χ2v) is 8.56. The largest absolute Gasteiger partial charge is 0.379 e. The van der Waals surface area contributed by atoms with Crippen molar-refractivity contribution in [3.63, 3.8) is 0 Å². The van der Waals surface area contributed by atoms with Crippen LogP contribution in [-0.4, -0.2) is 72.0 Å². The molecule has 36 heavy (non-hydrogen) atoms. The smallest absolute Gasteiger partial charge is 0.276 e. The highest BCUT2D eigenvalue weighted by Gasteiger charge is 2.20. The van der Waals surface area contributed by atoms with Gasteiger partial charge in [-0.2, -0.15) is 0 Å². The third-order valence-electron chi connectivity index (χ3n) is 5.64. The highest BCUT2D eigenvalue weighted by Crippen LogP contribution is 2.19. The van der Waals surface area contributed by atoms with Gasteiger partial charge in [-0.25, -0.2) is 4.98 Å². The molecule has 0 radical (unpaired) electrons. The van der Waals surface area contributed by atoms with Crippen LogP contribution >= 0.6 is 11.6 Å². The van der Waals surface area contributed by atoms with Gasteiger partial charge in [0.15, 0.2) is 5.69 Å². The molecule has 0 aliphatic carbocycles. The van der Waals surface area contributed by atoms with Crippen LogP contribution < -0.4 is 16.0 Å². The molecule has 1 aliphatic heterocycles. The number of anilines is 2. The summed E-state index contributed by atoms with van der Waals surface area (Å²) >= 11 is 6.07. The number of amides is 3. The van der Waals surface area contributed by atoms with Gasteiger partial charge in [0.2, 0.25) is 0 Å². The van der Waals surface area contributed by atoms with E-state index in [0.717, 1.165) is 39.3 Å². The van der Waals surface area contributed by atoms with E-state index in [2.05, 4.69) is 30.8 Å². The standard InChI is InChI=1S/C25H27ClN6O4/c26-20-5-2-1-4-19(20)23(33)30-17-6-8-18(9-7-17)31-25(35)22-21(28-16-29-22)24(34)27-10-3-11-32-12-14-36-15-13-32/h1-2,4-9,16H,3,10-15H2,(H,27,34)(H,28,29)(H,30,33)(H,31,35). The first-order valence-electron chi connectivity index (χ1n) is 11.6. The maximum absolute atomic E-state index is 12.7. The van der Waals surface area contributed by atoms with Crippen LogP contribution in [-0.2, 0) is 4.74 Å². The van der Waals surface area contributed by atoms with Crippen molar-refractivity contribution in [2.75, 3.05) is 50.0 Å². The Morgan fingerprint density at radius 2 is 1.61 bits per heavy atom. The van der Waals surface area contributed by atoms with E-state index in [0.29, 0.717) is 28.5 Å². The zero-order valence-corrected chi connectivity index (χ0v) is 20.3. The lowest BCUT2D eigenvalue weighted by Crippen LogP contribution is -2.38. The summed E-state index contributed by atoms with van der Waals surface area (Å²) in [6.45, 7) is 4.62. The number of aromatic nitrogens is 2. The van der Waals surface area contributed by atoms with E-state index in [4.69, 9.17) is 16.3 Å². The van der Waals surface area contributed by atoms with Crippen molar-refractivity contribution < 1.29 is 19.1 Å². The molecular formula is C25H27ClN6O4. The van der Waals surface area contributed by atoms with Crippen LogP contribution in [0.5, 0.6) is 0 Å². The van der Waals surface area contributed by atoms with Crippen molar-refractivity contribution in [1.82, 2.24) is 20.2 Å². The van der Waals surface area contributed by atoms with Crippen LogP contribution in [0.4, 0.5) is 11.4 Å². The van der Waals surface area contributed by atoms with Crippen molar-refractivity contribution in [3.8, 4) is 0 Å². The van der Waals surface area contributed by atoms with Gasteiger partial charge >= 0.3 is 0 Å². The van der Waals surface area contributed by atoms with E-state index in [9.17, 15) is 14.4 Å². The van der Waals surface area contributed by atoms with E-state index in [1.807, 2.05) is 0 Å². The van der Waals surface area contributed by atoms with E-state index >= 15 is 0 Å². The zero-order valence-electron chi connectivity index (χ0n) is 19.6. The number of benzene rings is 2. The third kappa shape index (κ3) is 6.69. The van der Waals surface area contributed by atoms with Crippen LogP contribution in [0.25, 0.3) is 0 Å². The predicted octanol–water partition coefficient (Wildman–Crippen LogP) is 3.02. The van der Waals surface area contributed by atoms with Gasteiger partial charge in [-0.05, 0) is 49.4 Å². The van der Waals surface area contributed by atoms with Crippen molar-refractivity contribution in [3.05, 3.63) is 76.8 Å². The lowest BCUT2D eigenvalue weighted by atomic mass is 10.2. The Hall–Kier alpha value is -3.73. The maximum Gasteiger partial charge on any atom is 0.276 e. The van der Waals surface area contributed by atoms with E-state index < -0.39 is 11.8 Å². The first kappa shape index (κ1) is 25.4. The monoisotopic (exact) mass is 510 g/mol. The fraction of sp³-hybridized carbons (Fsp3) is 0.280. The highest BCUT2D eigenvalue weighted by atomic mass is 35.5. The Kier molecular flexibility index (Phi) is 8.66. The molecule has 2 aromatic carbocycles. The Bertz CT molecular complexity index is 1210. The lowest BCUT2D eigenvalue weighted by Gasteiger charge is -2.26. The predicted molar refractivity (Wildman–Crippen MR) is 137 cm³/mol. The average Bonchev–Trinajstić information content (AvgIpc) is 3.39. The van der Waals surface area contributed by atoms with Crippen LogP contribution in [0.3, 0.4) is 0 Å². The van der Waals surface area contributed by atoms with Gasteiger partial charge in [0.25, 0.3) is 17.7 Å². The highest BCUT2D eigenvalue weighted by molar-refractivity contribution is 6.34. The summed E-state index contributed by atoms with van der Waals surface area (Å²) in [5.74, 6) is -1.26. The van der Waals surface area contributed by atoms with Gasteiger partial charge in [-0.15, -0.1) is 0 Å². The van der Waals surface area contributed by atoms with Gasteiger partial charge < -0.3 is 25.7 Å². The SMILES string of the molecule is O=C(Nc1ccc(NC(=O)c2nc[nH]c2C(=O)NCCCN2CCOCC2)cc1)c1ccccc1Cl. The van der Waals surface area contributed by atoms with Crippen LogP contribution in [0.2, 0.25) is 5.02 Å². The summed E-state index contributed by atoms with van der Waals surface area (Å²) in [7, 11) is 0. The van der Waals surface area contributed by atoms with Crippen LogP contribution in [0.15, 0.2) is 54.9 Å². The molecule has 0 unspecified atom stereocenters. The minimum absolute atomic E-state index is 0.00298. The molecule has 4 rings (SSSR count). The average molecular weight is 511 g/mol. The zero-order chi connectivity index (χ0) is 25.3. The fourth-order valence-corrected chi connectivity index (χ4v) is 3.95. The number of rotatable bonds is 9. The number of nitrogens with zero attached hydrogens (tertiary/aromatic N) is 2. The molecule has 4 N–H and O–H groups in total. The summed E-state index contributed by atoms with van der Waals surface area (Å²) < 4.78 is 5.33. The summed E-state index contributed by atoms with van der Waals surface area (Å²) in [5, 5.41) is 8.66. The molecule has 1 saturated heterocycles. The van der Waals surface area contributed by atoms with Gasteiger partial charge in [-0.1, -0.05) is 23.7 Å². The normalized spacial score (nSPS) is 13.7. The van der Waals surface area contributed by atoms with E-state index in [1.54, 1.807) is 48.5 Å². The maximum atomic E-state index is 12.7. The number of hydrogen-bond acceptors (Lipinski definition) is 6. The number of carbonyl (C=O) groups excluding carboxylic acids is 3. The first-order valence-corrected chi connectivity index (χ1v) is 12.0. The Morgan fingerprint density at radius 3 is 2.31 bits per heavy atom. The molecule has 0 saturated carbocycles. The Balaban J connectivity index is 1.28. The van der Waals surface area contributed by atoms with Gasteiger partial charge in [0, 0.05) is 31.0 Å². The number of imidazole rings is 1. The Morgan fingerprint density at radius 1 is 0.944 bits per heavy atom. The fourth-order valence-electron chi connectivity index (χ4n) is 3.73. The minimum Gasteiger partial charge on any atom is -0.379 e. The van der Waals surface area contributed by atoms with Gasteiger partial charge in [0.05, 0.1) is 30.1 Å². The molecule has 2 heterocycles. The van der Waals surface area contributed by atoms with Crippen molar-refractivity contribution in [2.24, 2.45) is 0 Å². The summed E-state index contributed by atoms with van der Waals surface area (Å²) in [6.07, 6.45) is 2.10. The molecule has 188 valence electrons. The number of aromatic amines is 1. The topological polar surface area (TPSA) is 128 Å². The number of morpholine rings is 1. The summed E-state index contributed by atoms with van der Waals surface area (Å²) in [6, 6.07) is 13.3. The van der Waals surface area contributed by atoms with E-state index in [-0.39, 0.29) is 17.3 Å². The third-order valence-corrected chi connectivity index (χ3v) is 5.97.